The Labute approximate surface area is 257 Å². The van der Waals surface area contributed by atoms with Gasteiger partial charge in [0.05, 0.1) is 0 Å². The van der Waals surface area contributed by atoms with Crippen LogP contribution in [0.1, 0.15) is 109 Å². The molecule has 36 heavy (non-hydrogen) atoms. The van der Waals surface area contributed by atoms with Crippen molar-refractivity contribution in [2.24, 2.45) is 0 Å². The second-order valence-electron chi connectivity index (χ2n) is 11.9. The van der Waals surface area contributed by atoms with E-state index >= 15 is 0 Å². The molecule has 0 saturated heterocycles. The monoisotopic (exact) mass is 686 g/mol. The maximum atomic E-state index is 3.53. The van der Waals surface area contributed by atoms with Gasteiger partial charge in [-0.3, -0.25) is 6.08 Å². The predicted molar refractivity (Wildman–Crippen MR) is 145 cm³/mol. The van der Waals surface area contributed by atoms with Crippen molar-refractivity contribution < 1.29 is 58.2 Å². The maximum absolute atomic E-state index is 3.53. The molecule has 2 aromatic carbocycles. The Morgan fingerprint density at radius 1 is 0.778 bits per heavy atom. The first-order valence-electron chi connectivity index (χ1n) is 13.0. The average Bonchev–Trinajstić information content (AvgIpc) is 3.41. The SMILES string of the molecule is CC(C)(C)c1c[c-]c2c(c1)-c1cc(C(C)(C)C)ccc1C2.[Br-].[Br-].[C-]1=CC=CC1.[Zr+2]=[C]1CCCCCC1. The van der Waals surface area contributed by atoms with Gasteiger partial charge < -0.3 is 34.0 Å². The molecular formula is C33H42Br2Zr-2. The number of halogens is 2. The molecule has 0 spiro atoms. The van der Waals surface area contributed by atoms with Crippen LogP contribution in [-0.4, -0.2) is 3.21 Å². The predicted octanol–water partition coefficient (Wildman–Crippen LogP) is 3.03. The zero-order chi connectivity index (χ0) is 24.8. The summed E-state index contributed by atoms with van der Waals surface area (Å²) in [6, 6.07) is 15.1. The summed E-state index contributed by atoms with van der Waals surface area (Å²) in [5.74, 6) is 0. The van der Waals surface area contributed by atoms with Gasteiger partial charge in [0.25, 0.3) is 0 Å². The molecule has 3 aliphatic carbocycles. The molecule has 2 aromatic rings. The first kappa shape index (κ1) is 33.7. The molecule has 0 radical (unpaired) electrons. The Hall–Kier alpha value is -0.367. The van der Waals surface area contributed by atoms with Crippen LogP contribution in [0.3, 0.4) is 0 Å². The van der Waals surface area contributed by atoms with Gasteiger partial charge in [-0.25, -0.2) is 12.2 Å². The third kappa shape index (κ3) is 10.1. The molecule has 3 heteroatoms. The molecule has 0 N–H and O–H groups in total. The summed E-state index contributed by atoms with van der Waals surface area (Å²) < 4.78 is 1.81. The number of allylic oxidation sites excluding steroid dienone is 4. The summed E-state index contributed by atoms with van der Waals surface area (Å²) in [4.78, 5) is 0. The minimum atomic E-state index is 0. The number of hydrogen-bond acceptors (Lipinski definition) is 0. The van der Waals surface area contributed by atoms with Gasteiger partial charge in [-0.05, 0) is 17.4 Å². The van der Waals surface area contributed by atoms with Crippen molar-refractivity contribution in [3.63, 3.8) is 0 Å². The molecule has 0 nitrogen and oxygen atoms in total. The molecule has 5 rings (SSSR count). The number of fused-ring (bicyclic) bond motifs is 3. The molecule has 194 valence electrons. The Balaban J connectivity index is 0.000000356. The van der Waals surface area contributed by atoms with Gasteiger partial charge in [0.2, 0.25) is 0 Å². The van der Waals surface area contributed by atoms with Gasteiger partial charge in [-0.15, -0.1) is 12.0 Å². The van der Waals surface area contributed by atoms with E-state index in [1.54, 1.807) is 24.2 Å². The van der Waals surface area contributed by atoms with E-state index in [4.69, 9.17) is 0 Å². The summed E-state index contributed by atoms with van der Waals surface area (Å²) in [6.45, 7) is 13.6. The van der Waals surface area contributed by atoms with Crippen LogP contribution in [0.2, 0.25) is 0 Å². The Morgan fingerprint density at radius 2 is 1.39 bits per heavy atom. The van der Waals surface area contributed by atoms with Crippen LogP contribution in [0.15, 0.2) is 48.6 Å². The number of benzene rings is 2. The second kappa shape index (κ2) is 15.3. The van der Waals surface area contributed by atoms with Gasteiger partial charge in [-0.2, -0.15) is 35.4 Å². The summed E-state index contributed by atoms with van der Waals surface area (Å²) >= 11 is 1.69. The molecule has 0 aliphatic heterocycles. The van der Waals surface area contributed by atoms with Crippen LogP contribution in [0.5, 0.6) is 0 Å². The quantitative estimate of drug-likeness (QED) is 0.252. The summed E-state index contributed by atoms with van der Waals surface area (Å²) in [7, 11) is 0. The topological polar surface area (TPSA) is 0 Å². The van der Waals surface area contributed by atoms with E-state index < -0.39 is 0 Å². The van der Waals surface area contributed by atoms with Crippen LogP contribution >= 0.6 is 0 Å². The van der Waals surface area contributed by atoms with E-state index in [1.165, 1.54) is 71.9 Å². The van der Waals surface area contributed by atoms with Gasteiger partial charge in [0, 0.05) is 0 Å². The standard InChI is InChI=1S/C21H25.C7H12.C5H5.2BrH.Zr/c1-20(2,3)16-9-7-14-11-15-8-10-17(21(4,5)6)13-19(15)18(14)12-16;1-2-4-6-7-5-3-1;1-2-4-5-3-1;;;/h7,9-10,12-13H,11H2,1-6H3;1-6H2;1-3H,4H2;2*1H;/q-1;;-1;;;+2/p-2. The average molecular weight is 690 g/mol. The van der Waals surface area contributed by atoms with Crippen molar-refractivity contribution in [3.8, 4) is 11.1 Å². The van der Waals surface area contributed by atoms with Gasteiger partial charge in [-0.1, -0.05) is 76.3 Å². The molecule has 0 bridgehead atoms. The zero-order valence-electron chi connectivity index (χ0n) is 23.0. The molecule has 0 aromatic heterocycles. The fourth-order valence-corrected chi connectivity index (χ4v) is 5.35. The molecule has 0 amide bonds. The second-order valence-corrected chi connectivity index (χ2v) is 13.6. The summed E-state index contributed by atoms with van der Waals surface area (Å²) in [5, 5.41) is 0. The fraction of sp³-hybridized carbons (Fsp3) is 0.485. The number of hydrogen-bond donors (Lipinski definition) is 0. The molecule has 0 unspecified atom stereocenters. The molecule has 3 aliphatic rings. The van der Waals surface area contributed by atoms with Crippen LogP contribution in [0, 0.1) is 12.1 Å². The van der Waals surface area contributed by atoms with Crippen molar-refractivity contribution in [2.75, 3.05) is 0 Å². The molecule has 0 heterocycles. The molecule has 1 saturated carbocycles. The van der Waals surface area contributed by atoms with Crippen molar-refractivity contribution in [2.45, 2.75) is 104 Å². The number of rotatable bonds is 0. The minimum absolute atomic E-state index is 0. The summed E-state index contributed by atoms with van der Waals surface area (Å²) in [5.41, 5.74) is 8.76. The van der Waals surface area contributed by atoms with Crippen molar-refractivity contribution in [3.05, 3.63) is 83.0 Å². The summed E-state index contributed by atoms with van der Waals surface area (Å²) in [6.07, 6.45) is 19.8. The third-order valence-electron chi connectivity index (χ3n) is 6.82. The molecule has 1 fully saturated rings. The Kier molecular flexibility index (Phi) is 14.3. The molecular weight excluding hydrogens is 647 g/mol. The van der Waals surface area contributed by atoms with E-state index in [-0.39, 0.29) is 44.8 Å². The molecule has 0 atom stereocenters. The van der Waals surface area contributed by atoms with Crippen LogP contribution < -0.4 is 34.0 Å². The van der Waals surface area contributed by atoms with Crippen LogP contribution in [0.25, 0.3) is 11.1 Å². The van der Waals surface area contributed by atoms with Crippen molar-refractivity contribution in [1.29, 1.82) is 0 Å². The Bertz CT molecular complexity index is 967. The van der Waals surface area contributed by atoms with Crippen LogP contribution in [0.4, 0.5) is 0 Å². The third-order valence-corrected chi connectivity index (χ3v) is 8.05. The van der Waals surface area contributed by atoms with E-state index in [0.717, 1.165) is 12.8 Å². The van der Waals surface area contributed by atoms with E-state index in [1.807, 2.05) is 15.4 Å². The van der Waals surface area contributed by atoms with E-state index in [9.17, 15) is 0 Å². The van der Waals surface area contributed by atoms with Gasteiger partial charge in [0.15, 0.2) is 0 Å². The fourth-order valence-electron chi connectivity index (χ4n) is 4.48. The van der Waals surface area contributed by atoms with Crippen molar-refractivity contribution in [1.82, 2.24) is 0 Å². The zero-order valence-corrected chi connectivity index (χ0v) is 28.7. The van der Waals surface area contributed by atoms with Crippen LogP contribution in [-0.2, 0) is 41.5 Å². The van der Waals surface area contributed by atoms with Crippen molar-refractivity contribution >= 4 is 3.21 Å². The van der Waals surface area contributed by atoms with E-state index in [0.29, 0.717) is 0 Å². The van der Waals surface area contributed by atoms with Gasteiger partial charge >= 0.3 is 66.0 Å². The Morgan fingerprint density at radius 3 is 1.89 bits per heavy atom. The first-order chi connectivity index (χ1) is 16.1. The van der Waals surface area contributed by atoms with E-state index in [2.05, 4.69) is 90.1 Å². The normalized spacial score (nSPS) is 15.7. The first-order valence-corrected chi connectivity index (χ1v) is 14.3. The van der Waals surface area contributed by atoms with Gasteiger partial charge in [0.1, 0.15) is 0 Å².